The minimum Gasteiger partial charge on any atom is -0.390 e. The molecule has 0 spiro atoms. The summed E-state index contributed by atoms with van der Waals surface area (Å²) < 4.78 is 25.3. The molecule has 1 unspecified atom stereocenters. The zero-order valence-electron chi connectivity index (χ0n) is 15.1. The van der Waals surface area contributed by atoms with E-state index in [0.717, 1.165) is 18.6 Å². The molecule has 2 bridgehead atoms. The summed E-state index contributed by atoms with van der Waals surface area (Å²) in [5.74, 6) is 1.27. The average Bonchev–Trinajstić information content (AvgIpc) is 2.72. The Morgan fingerprint density at radius 1 is 1.56 bits per heavy atom. The Labute approximate surface area is 155 Å². The van der Waals surface area contributed by atoms with E-state index in [9.17, 15) is 18.3 Å². The number of aliphatic hydroxyl groups is 1. The Morgan fingerprint density at radius 2 is 2.28 bits per heavy atom. The summed E-state index contributed by atoms with van der Waals surface area (Å²) >= 11 is 1.67. The first-order valence-corrected chi connectivity index (χ1v) is 11.8. The smallest absolute Gasteiger partial charge is 0.237 e. The van der Waals surface area contributed by atoms with Crippen molar-refractivity contribution in [1.29, 1.82) is 0 Å². The van der Waals surface area contributed by atoms with Gasteiger partial charge in [0.25, 0.3) is 0 Å². The van der Waals surface area contributed by atoms with Crippen molar-refractivity contribution in [2.24, 2.45) is 5.73 Å². The maximum Gasteiger partial charge on any atom is 0.237 e. The third-order valence-electron chi connectivity index (χ3n) is 5.24. The lowest BCUT2D eigenvalue weighted by atomic mass is 9.87. The van der Waals surface area contributed by atoms with Gasteiger partial charge in [0.05, 0.1) is 12.4 Å². The predicted octanol–water partition coefficient (Wildman–Crippen LogP) is 0.0486. The van der Waals surface area contributed by atoms with Crippen LogP contribution in [0.4, 0.5) is 0 Å². The highest BCUT2D eigenvalue weighted by molar-refractivity contribution is 7.99. The van der Waals surface area contributed by atoms with Crippen molar-refractivity contribution in [3.05, 3.63) is 6.42 Å². The molecule has 0 aromatic rings. The van der Waals surface area contributed by atoms with Crippen molar-refractivity contribution in [3.63, 3.8) is 0 Å². The van der Waals surface area contributed by atoms with Crippen LogP contribution in [0.1, 0.15) is 32.6 Å². The van der Waals surface area contributed by atoms with Crippen LogP contribution in [0.2, 0.25) is 0 Å². The number of nitrogens with two attached hydrogens (primary N) is 1. The summed E-state index contributed by atoms with van der Waals surface area (Å²) in [6.45, 7) is 2.72. The highest BCUT2D eigenvalue weighted by Crippen LogP contribution is 2.43. The van der Waals surface area contributed by atoms with Crippen LogP contribution in [-0.4, -0.2) is 83.7 Å². The molecular formula is C16H30N3O4S2. The molecule has 145 valence electrons. The van der Waals surface area contributed by atoms with Gasteiger partial charge in [0, 0.05) is 31.4 Å². The first kappa shape index (κ1) is 21.0. The van der Waals surface area contributed by atoms with E-state index in [4.69, 9.17) is 5.73 Å². The molecule has 0 aromatic heterocycles. The second-order valence-corrected chi connectivity index (χ2v) is 10.3. The maximum absolute atomic E-state index is 12.1. The lowest BCUT2D eigenvalue weighted by Crippen LogP contribution is -2.60. The number of piperidine rings is 1. The molecule has 2 heterocycles. The fourth-order valence-electron chi connectivity index (χ4n) is 3.95. The Balaban J connectivity index is 2.02. The predicted molar refractivity (Wildman–Crippen MR) is 101 cm³/mol. The number of aliphatic hydroxyl groups excluding tert-OH is 1. The maximum atomic E-state index is 12.1. The van der Waals surface area contributed by atoms with Crippen LogP contribution in [-0.2, 0) is 14.8 Å². The minimum atomic E-state index is -3.38. The van der Waals surface area contributed by atoms with Crippen molar-refractivity contribution < 1.29 is 18.3 Å². The molecule has 7 nitrogen and oxygen atoms in total. The molecule has 0 saturated carbocycles. The van der Waals surface area contributed by atoms with Crippen molar-refractivity contribution in [2.45, 2.75) is 50.3 Å². The van der Waals surface area contributed by atoms with E-state index >= 15 is 0 Å². The quantitative estimate of drug-likeness (QED) is 0.509. The normalized spacial score (nSPS) is 28.4. The van der Waals surface area contributed by atoms with E-state index in [1.54, 1.807) is 11.8 Å². The third kappa shape index (κ3) is 4.88. The summed E-state index contributed by atoms with van der Waals surface area (Å²) in [6.07, 6.45) is 5.50. The van der Waals surface area contributed by atoms with Gasteiger partial charge in [0.1, 0.15) is 5.54 Å². The molecule has 25 heavy (non-hydrogen) atoms. The number of rotatable bonds is 10. The van der Waals surface area contributed by atoms with E-state index in [0.29, 0.717) is 25.1 Å². The van der Waals surface area contributed by atoms with Gasteiger partial charge >= 0.3 is 0 Å². The summed E-state index contributed by atoms with van der Waals surface area (Å²) in [5, 5.41) is 10.5. The number of fused-ring (bicyclic) bond motifs is 2. The fourth-order valence-corrected chi connectivity index (χ4v) is 5.56. The van der Waals surface area contributed by atoms with Gasteiger partial charge in [-0.1, -0.05) is 6.92 Å². The molecule has 2 rings (SSSR count). The summed E-state index contributed by atoms with van der Waals surface area (Å²) in [4.78, 5) is 14.1. The molecule has 2 aliphatic heterocycles. The monoisotopic (exact) mass is 392 g/mol. The first-order valence-electron chi connectivity index (χ1n) is 8.80. The molecule has 3 atom stereocenters. The molecule has 1 radical (unpaired) electrons. The standard InChI is InChI=1S/C16H30N3O4S2/c1-3-24-10-9-18(25(2,22)23)11-14(20)12-19-13-5-4-7-16(19,8-6-13)15(17)21/h4,13-14,20H,3,5-12H2,1-2H3,(H2,17,21)/t13-,14?,16+/m1/s1. The molecule has 1 amide bonds. The molecule has 9 heteroatoms. The SMILES string of the molecule is CCSCCN(CC(O)CN1[C@@H]2C[CH]C[C@@]1(C(N)=O)CC2)S(C)(=O)=O. The van der Waals surface area contributed by atoms with E-state index in [1.165, 1.54) is 10.6 Å². The van der Waals surface area contributed by atoms with Crippen molar-refractivity contribution in [1.82, 2.24) is 9.21 Å². The van der Waals surface area contributed by atoms with Gasteiger partial charge < -0.3 is 10.8 Å². The Morgan fingerprint density at radius 3 is 2.88 bits per heavy atom. The third-order valence-corrected chi connectivity index (χ3v) is 7.39. The van der Waals surface area contributed by atoms with E-state index in [-0.39, 0.29) is 25.0 Å². The van der Waals surface area contributed by atoms with Crippen LogP contribution in [0.15, 0.2) is 0 Å². The van der Waals surface area contributed by atoms with Gasteiger partial charge in [0.15, 0.2) is 0 Å². The zero-order valence-corrected chi connectivity index (χ0v) is 16.7. The number of nitrogens with zero attached hydrogens (tertiary/aromatic N) is 2. The highest BCUT2D eigenvalue weighted by atomic mass is 32.2. The Hall–Kier alpha value is -0.350. The number of carbonyl (C=O) groups excluding carboxylic acids is 1. The van der Waals surface area contributed by atoms with Gasteiger partial charge in [-0.2, -0.15) is 16.1 Å². The van der Waals surface area contributed by atoms with Gasteiger partial charge in [-0.3, -0.25) is 9.69 Å². The number of carbonyl (C=O) groups is 1. The molecule has 0 aliphatic carbocycles. The lowest BCUT2D eigenvalue weighted by Gasteiger charge is -2.43. The number of hydrogen-bond acceptors (Lipinski definition) is 6. The highest BCUT2D eigenvalue weighted by Gasteiger charge is 2.53. The van der Waals surface area contributed by atoms with Crippen LogP contribution < -0.4 is 5.73 Å². The minimum absolute atomic E-state index is 0.0465. The van der Waals surface area contributed by atoms with Crippen LogP contribution >= 0.6 is 11.8 Å². The Bertz CT molecular complexity index is 568. The largest absolute Gasteiger partial charge is 0.390 e. The van der Waals surface area contributed by atoms with Gasteiger partial charge in [-0.05, 0) is 37.9 Å². The topological polar surface area (TPSA) is 104 Å². The lowest BCUT2D eigenvalue weighted by molar-refractivity contribution is -0.131. The molecular weight excluding hydrogens is 362 g/mol. The second-order valence-electron chi connectivity index (χ2n) is 6.94. The second kappa shape index (κ2) is 8.56. The van der Waals surface area contributed by atoms with Crippen molar-refractivity contribution >= 4 is 27.7 Å². The first-order chi connectivity index (χ1) is 11.7. The number of primary amides is 1. The molecule has 2 aliphatic rings. The number of sulfonamides is 1. The van der Waals surface area contributed by atoms with Crippen LogP contribution in [0, 0.1) is 6.42 Å². The average molecular weight is 393 g/mol. The molecule has 2 fully saturated rings. The number of β-amino-alcohol motifs (C(OH)–C–C–N with tert-alkyl or cyclic N) is 1. The molecule has 3 N–H and O–H groups in total. The summed E-state index contributed by atoms with van der Waals surface area (Å²) in [5.41, 5.74) is 4.96. The zero-order chi connectivity index (χ0) is 18.7. The number of hydrogen-bond donors (Lipinski definition) is 2. The summed E-state index contributed by atoms with van der Waals surface area (Å²) in [6, 6.07) is 0.207. The van der Waals surface area contributed by atoms with E-state index in [1.807, 2.05) is 11.8 Å². The van der Waals surface area contributed by atoms with Crippen LogP contribution in [0.5, 0.6) is 0 Å². The van der Waals surface area contributed by atoms with Crippen molar-refractivity contribution in [2.75, 3.05) is 37.4 Å². The van der Waals surface area contributed by atoms with Crippen LogP contribution in [0.3, 0.4) is 0 Å². The van der Waals surface area contributed by atoms with Gasteiger partial charge in [0.2, 0.25) is 15.9 Å². The van der Waals surface area contributed by atoms with E-state index < -0.39 is 21.7 Å². The number of thioether (sulfide) groups is 1. The molecule has 0 aromatic carbocycles. The summed E-state index contributed by atoms with van der Waals surface area (Å²) in [7, 11) is -3.38. The van der Waals surface area contributed by atoms with Crippen LogP contribution in [0.25, 0.3) is 0 Å². The number of amides is 1. The van der Waals surface area contributed by atoms with E-state index in [2.05, 4.69) is 6.42 Å². The fraction of sp³-hybridized carbons (Fsp3) is 0.875. The molecule has 2 saturated heterocycles. The Kier molecular flexibility index (Phi) is 7.17. The van der Waals surface area contributed by atoms with Gasteiger partial charge in [-0.15, -0.1) is 0 Å². The van der Waals surface area contributed by atoms with Crippen molar-refractivity contribution in [3.8, 4) is 0 Å². The van der Waals surface area contributed by atoms with Gasteiger partial charge in [-0.25, -0.2) is 8.42 Å².